The number of aromatic nitrogens is 1. The molecule has 2 N–H and O–H groups in total. The van der Waals surface area contributed by atoms with Crippen molar-refractivity contribution in [2.45, 2.75) is 30.2 Å². The van der Waals surface area contributed by atoms with Crippen LogP contribution in [0, 0.1) is 5.92 Å². The molecule has 1 aromatic heterocycles. The molecule has 1 aliphatic carbocycles. The number of hydrogen-bond donors (Lipinski definition) is 1. The lowest BCUT2D eigenvalue weighted by Gasteiger charge is -2.24. The van der Waals surface area contributed by atoms with E-state index < -0.39 is 10.0 Å². The fourth-order valence-corrected chi connectivity index (χ4v) is 4.37. The molecule has 20 heavy (non-hydrogen) atoms. The van der Waals surface area contributed by atoms with Gasteiger partial charge in [-0.3, -0.25) is 0 Å². The van der Waals surface area contributed by atoms with E-state index in [1.165, 1.54) is 12.3 Å². The second-order valence-corrected chi connectivity index (χ2v) is 7.28. The lowest BCUT2D eigenvalue weighted by atomic mass is 10.1. The SMILES string of the molecule is Nc1ncccc1S(=O)(=O)N(CC1CCOC1)C1CC1. The highest BCUT2D eigenvalue weighted by Gasteiger charge is 2.40. The van der Waals surface area contributed by atoms with Crippen LogP contribution >= 0.6 is 0 Å². The van der Waals surface area contributed by atoms with Gasteiger partial charge in [-0.25, -0.2) is 13.4 Å². The van der Waals surface area contributed by atoms with E-state index >= 15 is 0 Å². The number of pyridine rings is 1. The van der Waals surface area contributed by atoms with Crippen LogP contribution in [-0.4, -0.2) is 43.5 Å². The number of nitrogens with zero attached hydrogens (tertiary/aromatic N) is 2. The van der Waals surface area contributed by atoms with Crippen molar-refractivity contribution < 1.29 is 13.2 Å². The fraction of sp³-hybridized carbons (Fsp3) is 0.615. The molecule has 1 aliphatic heterocycles. The van der Waals surface area contributed by atoms with Gasteiger partial charge in [0.05, 0.1) is 6.61 Å². The zero-order chi connectivity index (χ0) is 14.2. The highest BCUT2D eigenvalue weighted by Crippen LogP contribution is 2.34. The van der Waals surface area contributed by atoms with Gasteiger partial charge in [-0.15, -0.1) is 0 Å². The van der Waals surface area contributed by atoms with Crippen LogP contribution in [0.1, 0.15) is 19.3 Å². The third kappa shape index (κ3) is 2.65. The molecule has 7 heteroatoms. The molecule has 3 rings (SSSR count). The molecule has 0 aromatic carbocycles. The maximum absolute atomic E-state index is 12.8. The minimum atomic E-state index is -3.57. The van der Waals surface area contributed by atoms with E-state index in [1.54, 1.807) is 10.4 Å². The first-order valence-corrected chi connectivity index (χ1v) is 8.33. The first-order valence-electron chi connectivity index (χ1n) is 6.89. The Labute approximate surface area is 119 Å². The van der Waals surface area contributed by atoms with Gasteiger partial charge in [-0.05, 0) is 37.3 Å². The molecule has 2 aliphatic rings. The summed E-state index contributed by atoms with van der Waals surface area (Å²) in [6, 6.07) is 3.24. The number of sulfonamides is 1. The topological polar surface area (TPSA) is 85.5 Å². The van der Waals surface area contributed by atoms with Crippen molar-refractivity contribution in [2.24, 2.45) is 5.92 Å². The van der Waals surface area contributed by atoms with Crippen LogP contribution in [0.3, 0.4) is 0 Å². The van der Waals surface area contributed by atoms with Crippen molar-refractivity contribution in [3.05, 3.63) is 18.3 Å². The van der Waals surface area contributed by atoms with E-state index in [0.717, 1.165) is 25.9 Å². The average Bonchev–Trinajstić information content (AvgIpc) is 3.12. The number of hydrogen-bond acceptors (Lipinski definition) is 5. The molecule has 1 atom stereocenters. The van der Waals surface area contributed by atoms with Gasteiger partial charge in [-0.2, -0.15) is 4.31 Å². The monoisotopic (exact) mass is 297 g/mol. The largest absolute Gasteiger partial charge is 0.383 e. The summed E-state index contributed by atoms with van der Waals surface area (Å²) in [7, 11) is -3.57. The molecule has 2 fully saturated rings. The molecule has 110 valence electrons. The molecule has 0 amide bonds. The summed E-state index contributed by atoms with van der Waals surface area (Å²) in [6.45, 7) is 1.88. The molecule has 0 bridgehead atoms. The number of nitrogen functional groups attached to an aromatic ring is 1. The second-order valence-electron chi connectivity index (χ2n) is 5.42. The van der Waals surface area contributed by atoms with Crippen molar-refractivity contribution in [1.29, 1.82) is 0 Å². The van der Waals surface area contributed by atoms with E-state index in [1.807, 2.05) is 0 Å². The predicted octanol–water partition coefficient (Wildman–Crippen LogP) is 0.853. The van der Waals surface area contributed by atoms with Gasteiger partial charge >= 0.3 is 0 Å². The smallest absolute Gasteiger partial charge is 0.246 e. The third-order valence-corrected chi connectivity index (χ3v) is 5.77. The molecule has 1 saturated heterocycles. The number of anilines is 1. The van der Waals surface area contributed by atoms with Gasteiger partial charge in [0, 0.05) is 25.4 Å². The zero-order valence-electron chi connectivity index (χ0n) is 11.2. The van der Waals surface area contributed by atoms with Gasteiger partial charge in [0.25, 0.3) is 0 Å². The molecule has 1 unspecified atom stereocenters. The molecule has 0 spiro atoms. The maximum Gasteiger partial charge on any atom is 0.246 e. The third-order valence-electron chi connectivity index (χ3n) is 3.80. The van der Waals surface area contributed by atoms with Crippen LogP contribution < -0.4 is 5.73 Å². The lowest BCUT2D eigenvalue weighted by Crippen LogP contribution is -2.37. The molecule has 6 nitrogen and oxygen atoms in total. The Morgan fingerprint density at radius 2 is 2.20 bits per heavy atom. The number of rotatable bonds is 5. The standard InChI is InChI=1S/C13H19N3O3S/c14-13-12(2-1-6-15-13)20(17,18)16(11-3-4-11)8-10-5-7-19-9-10/h1-2,6,10-11H,3-5,7-9H2,(H2,14,15). The number of nitrogens with two attached hydrogens (primary N) is 1. The van der Waals surface area contributed by atoms with Gasteiger partial charge in [-0.1, -0.05) is 0 Å². The van der Waals surface area contributed by atoms with Gasteiger partial charge in [0.15, 0.2) is 0 Å². The summed E-state index contributed by atoms with van der Waals surface area (Å²) >= 11 is 0. The van der Waals surface area contributed by atoms with Crippen molar-refractivity contribution in [3.63, 3.8) is 0 Å². The Morgan fingerprint density at radius 3 is 2.80 bits per heavy atom. The molecule has 2 heterocycles. The molecule has 1 aromatic rings. The molecule has 1 saturated carbocycles. The molecule has 0 radical (unpaired) electrons. The molecular weight excluding hydrogens is 278 g/mol. The second kappa shape index (κ2) is 5.31. The van der Waals surface area contributed by atoms with E-state index in [2.05, 4.69) is 4.98 Å². The first-order chi connectivity index (χ1) is 9.59. The van der Waals surface area contributed by atoms with Crippen molar-refractivity contribution in [3.8, 4) is 0 Å². The first kappa shape index (κ1) is 13.8. The van der Waals surface area contributed by atoms with Crippen LogP contribution in [-0.2, 0) is 14.8 Å². The average molecular weight is 297 g/mol. The summed E-state index contributed by atoms with van der Waals surface area (Å²) in [6.07, 6.45) is 4.27. The highest BCUT2D eigenvalue weighted by atomic mass is 32.2. The molecular formula is C13H19N3O3S. The van der Waals surface area contributed by atoms with Crippen molar-refractivity contribution in [1.82, 2.24) is 9.29 Å². The Balaban J connectivity index is 1.87. The lowest BCUT2D eigenvalue weighted by molar-refractivity contribution is 0.180. The number of ether oxygens (including phenoxy) is 1. The minimum absolute atomic E-state index is 0.0702. The van der Waals surface area contributed by atoms with Crippen LogP contribution in [0.4, 0.5) is 5.82 Å². The summed E-state index contributed by atoms with van der Waals surface area (Å²) in [5, 5.41) is 0. The fourth-order valence-electron chi connectivity index (χ4n) is 2.53. The highest BCUT2D eigenvalue weighted by molar-refractivity contribution is 7.89. The van der Waals surface area contributed by atoms with Crippen LogP contribution in [0.2, 0.25) is 0 Å². The summed E-state index contributed by atoms with van der Waals surface area (Å²) in [5.41, 5.74) is 5.73. The predicted molar refractivity (Wildman–Crippen MR) is 74.5 cm³/mol. The maximum atomic E-state index is 12.8. The zero-order valence-corrected chi connectivity index (χ0v) is 12.1. The van der Waals surface area contributed by atoms with Gasteiger partial charge < -0.3 is 10.5 Å². The Hall–Kier alpha value is -1.18. The van der Waals surface area contributed by atoms with E-state index in [-0.39, 0.29) is 22.7 Å². The minimum Gasteiger partial charge on any atom is -0.383 e. The Bertz CT molecular complexity index is 580. The summed E-state index contributed by atoms with van der Waals surface area (Å²) in [4.78, 5) is 4.00. The Morgan fingerprint density at radius 1 is 1.40 bits per heavy atom. The van der Waals surface area contributed by atoms with Crippen molar-refractivity contribution in [2.75, 3.05) is 25.5 Å². The van der Waals surface area contributed by atoms with Crippen LogP contribution in [0.25, 0.3) is 0 Å². The summed E-state index contributed by atoms with van der Waals surface area (Å²) < 4.78 is 32.5. The quantitative estimate of drug-likeness (QED) is 0.871. The summed E-state index contributed by atoms with van der Waals surface area (Å²) in [5.74, 6) is 0.351. The van der Waals surface area contributed by atoms with E-state index in [0.29, 0.717) is 13.2 Å². The van der Waals surface area contributed by atoms with E-state index in [9.17, 15) is 8.42 Å². The van der Waals surface area contributed by atoms with Crippen LogP contribution in [0.5, 0.6) is 0 Å². The van der Waals surface area contributed by atoms with E-state index in [4.69, 9.17) is 10.5 Å². The van der Waals surface area contributed by atoms with Crippen LogP contribution in [0.15, 0.2) is 23.2 Å². The normalized spacial score (nSPS) is 23.4. The van der Waals surface area contributed by atoms with Gasteiger partial charge in [0.2, 0.25) is 10.0 Å². The van der Waals surface area contributed by atoms with Crippen molar-refractivity contribution >= 4 is 15.8 Å². The Kier molecular flexibility index (Phi) is 3.66. The van der Waals surface area contributed by atoms with Gasteiger partial charge in [0.1, 0.15) is 10.7 Å².